The summed E-state index contributed by atoms with van der Waals surface area (Å²) in [5, 5.41) is 10.6. The molecular formula is C10H17O4. The van der Waals surface area contributed by atoms with Crippen molar-refractivity contribution in [3.63, 3.8) is 0 Å². The van der Waals surface area contributed by atoms with E-state index in [1.165, 1.54) is 13.8 Å². The predicted molar refractivity (Wildman–Crippen MR) is 49.9 cm³/mol. The summed E-state index contributed by atoms with van der Waals surface area (Å²) < 4.78 is 4.86. The molecule has 81 valence electrons. The highest BCUT2D eigenvalue weighted by atomic mass is 16.5. The van der Waals surface area contributed by atoms with Gasteiger partial charge in [-0.1, -0.05) is 13.8 Å². The number of carbonyl (C=O) groups excluding carboxylic acids is 2. The Hall–Kier alpha value is -1.06. The van der Waals surface area contributed by atoms with Crippen LogP contribution in [0.2, 0.25) is 0 Å². The van der Waals surface area contributed by atoms with Crippen molar-refractivity contribution in [2.75, 3.05) is 6.61 Å². The maximum absolute atomic E-state index is 11.2. The molecule has 0 aliphatic carbocycles. The average molecular weight is 201 g/mol. The Bertz CT molecular complexity index is 220. The van der Waals surface area contributed by atoms with Gasteiger partial charge in [-0.05, 0) is 20.3 Å². The topological polar surface area (TPSA) is 63.3 Å². The number of hydrogen-bond donors (Lipinski definition) is 0. The Morgan fingerprint density at radius 3 is 2.21 bits per heavy atom. The van der Waals surface area contributed by atoms with Crippen molar-refractivity contribution in [3.8, 4) is 0 Å². The Kier molecular flexibility index (Phi) is 4.60. The monoisotopic (exact) mass is 201 g/mol. The van der Waals surface area contributed by atoms with Crippen LogP contribution in [0.3, 0.4) is 0 Å². The molecule has 0 N–H and O–H groups in total. The molecule has 0 rings (SSSR count). The summed E-state index contributed by atoms with van der Waals surface area (Å²) in [6, 6.07) is 0. The maximum atomic E-state index is 11.2. The van der Waals surface area contributed by atoms with Gasteiger partial charge in [-0.2, -0.15) is 0 Å². The lowest BCUT2D eigenvalue weighted by Gasteiger charge is -2.18. The highest BCUT2D eigenvalue weighted by Gasteiger charge is 2.31. The van der Waals surface area contributed by atoms with Gasteiger partial charge < -0.3 is 4.74 Å². The molecule has 0 amide bonds. The Morgan fingerprint density at radius 2 is 1.86 bits per heavy atom. The van der Waals surface area contributed by atoms with Crippen LogP contribution in [-0.4, -0.2) is 18.5 Å². The van der Waals surface area contributed by atoms with Crippen LogP contribution >= 0.6 is 0 Å². The lowest BCUT2D eigenvalue weighted by Crippen LogP contribution is -2.31. The Balaban J connectivity index is 4.06. The van der Waals surface area contributed by atoms with Gasteiger partial charge in [0, 0.05) is 0 Å². The second-order valence-electron chi connectivity index (χ2n) is 4.09. The van der Waals surface area contributed by atoms with Gasteiger partial charge >= 0.3 is 11.9 Å². The first-order chi connectivity index (χ1) is 6.31. The largest absolute Gasteiger partial charge is 0.464 e. The fraction of sp³-hybridized carbons (Fsp3) is 0.800. The first kappa shape index (κ1) is 12.9. The summed E-state index contributed by atoms with van der Waals surface area (Å²) in [5.74, 6) is -1.76. The molecule has 0 bridgehead atoms. The molecule has 0 saturated heterocycles. The molecule has 1 atom stereocenters. The molecule has 4 nitrogen and oxygen atoms in total. The lowest BCUT2D eigenvalue weighted by atomic mass is 9.95. The number of rotatable bonds is 5. The smallest absolute Gasteiger partial charge is 0.364 e. The summed E-state index contributed by atoms with van der Waals surface area (Å²) in [6.45, 7) is 6.40. The third kappa shape index (κ3) is 3.77. The Morgan fingerprint density at radius 1 is 1.36 bits per heavy atom. The molecule has 0 fully saturated rings. The van der Waals surface area contributed by atoms with E-state index in [4.69, 9.17) is 4.74 Å². The minimum absolute atomic E-state index is 0.140. The van der Waals surface area contributed by atoms with E-state index in [-0.39, 0.29) is 18.5 Å². The van der Waals surface area contributed by atoms with E-state index in [2.05, 4.69) is 0 Å². The van der Waals surface area contributed by atoms with E-state index in [1.807, 2.05) is 6.92 Å². The molecule has 0 aliphatic rings. The van der Waals surface area contributed by atoms with Gasteiger partial charge in [-0.25, -0.2) is 9.90 Å². The summed E-state index contributed by atoms with van der Waals surface area (Å²) >= 11 is 0. The highest BCUT2D eigenvalue weighted by Crippen LogP contribution is 2.17. The van der Waals surface area contributed by atoms with Gasteiger partial charge in [0.2, 0.25) is 0 Å². The molecule has 0 aromatic heterocycles. The van der Waals surface area contributed by atoms with E-state index in [9.17, 15) is 14.7 Å². The van der Waals surface area contributed by atoms with Crippen LogP contribution in [0, 0.1) is 11.3 Å². The summed E-state index contributed by atoms with van der Waals surface area (Å²) in [5.41, 5.74) is -1.12. The molecule has 1 unspecified atom stereocenters. The second-order valence-corrected chi connectivity index (χ2v) is 4.09. The molecule has 4 heteroatoms. The Labute approximate surface area is 84.3 Å². The average Bonchev–Trinajstić information content (AvgIpc) is 2.12. The van der Waals surface area contributed by atoms with Gasteiger partial charge in [-0.3, -0.25) is 4.79 Å². The number of carbonyl (C=O) groups is 2. The number of ether oxygens (including phenoxy) is 1. The van der Waals surface area contributed by atoms with Crippen molar-refractivity contribution in [2.24, 2.45) is 11.3 Å². The fourth-order valence-corrected chi connectivity index (χ4v) is 0.619. The first-order valence-electron chi connectivity index (χ1n) is 4.69. The van der Waals surface area contributed by atoms with E-state index in [0.29, 0.717) is 6.42 Å². The second kappa shape index (κ2) is 4.98. The lowest BCUT2D eigenvalue weighted by molar-refractivity contribution is -0.162. The van der Waals surface area contributed by atoms with Crippen LogP contribution in [0.15, 0.2) is 0 Å². The molecule has 0 saturated carbocycles. The first-order valence-corrected chi connectivity index (χ1v) is 4.69. The van der Waals surface area contributed by atoms with Crippen molar-refractivity contribution >= 4 is 11.9 Å². The van der Waals surface area contributed by atoms with E-state index in [1.54, 1.807) is 6.92 Å². The number of esters is 1. The molecule has 0 aromatic rings. The van der Waals surface area contributed by atoms with Crippen molar-refractivity contribution in [2.45, 2.75) is 34.1 Å². The standard InChI is InChI=1S/C10H17O4/c1-5-7(2)8(11)14-6-10(3,4)9(12)13/h7H,5-6H2,1-4H3. The normalized spacial score (nSPS) is 13.4. The third-order valence-corrected chi connectivity index (χ3v) is 2.14. The highest BCUT2D eigenvalue weighted by molar-refractivity contribution is 5.75. The van der Waals surface area contributed by atoms with Crippen LogP contribution in [0.4, 0.5) is 0 Å². The molecule has 0 aliphatic heterocycles. The van der Waals surface area contributed by atoms with Gasteiger partial charge in [0.15, 0.2) is 0 Å². The quantitative estimate of drug-likeness (QED) is 0.634. The van der Waals surface area contributed by atoms with Crippen molar-refractivity contribution in [3.05, 3.63) is 0 Å². The SMILES string of the molecule is CCC(C)C(=O)OCC(C)(C)C([O])=O. The molecular weight excluding hydrogens is 184 g/mol. The molecule has 0 spiro atoms. The van der Waals surface area contributed by atoms with Crippen molar-refractivity contribution < 1.29 is 19.4 Å². The third-order valence-electron chi connectivity index (χ3n) is 2.14. The number of hydrogen-bond acceptors (Lipinski definition) is 3. The summed E-state index contributed by atoms with van der Waals surface area (Å²) in [4.78, 5) is 21.8. The predicted octanol–water partition coefficient (Wildman–Crippen LogP) is 1.56. The molecule has 0 aromatic carbocycles. The van der Waals surface area contributed by atoms with Crippen molar-refractivity contribution in [1.29, 1.82) is 0 Å². The zero-order chi connectivity index (χ0) is 11.4. The summed E-state index contributed by atoms with van der Waals surface area (Å²) in [6.07, 6.45) is 0.685. The fourth-order valence-electron chi connectivity index (χ4n) is 0.619. The van der Waals surface area contributed by atoms with Crippen LogP contribution in [0.5, 0.6) is 0 Å². The van der Waals surface area contributed by atoms with E-state index in [0.717, 1.165) is 0 Å². The van der Waals surface area contributed by atoms with Crippen LogP contribution in [0.1, 0.15) is 34.1 Å². The molecule has 0 heterocycles. The summed E-state index contributed by atoms with van der Waals surface area (Å²) in [7, 11) is 0. The van der Waals surface area contributed by atoms with Gasteiger partial charge in [0.05, 0.1) is 5.92 Å². The van der Waals surface area contributed by atoms with Gasteiger partial charge in [0.1, 0.15) is 12.0 Å². The van der Waals surface area contributed by atoms with E-state index < -0.39 is 11.4 Å². The van der Waals surface area contributed by atoms with Crippen LogP contribution in [-0.2, 0) is 19.4 Å². The zero-order valence-electron chi connectivity index (χ0n) is 9.12. The zero-order valence-corrected chi connectivity index (χ0v) is 9.12. The van der Waals surface area contributed by atoms with E-state index >= 15 is 0 Å². The minimum atomic E-state index is -1.21. The van der Waals surface area contributed by atoms with Gasteiger partial charge in [0.25, 0.3) is 0 Å². The minimum Gasteiger partial charge on any atom is -0.464 e. The van der Waals surface area contributed by atoms with Crippen molar-refractivity contribution in [1.82, 2.24) is 0 Å². The molecule has 1 radical (unpaired) electrons. The van der Waals surface area contributed by atoms with Crippen LogP contribution in [0.25, 0.3) is 0 Å². The maximum Gasteiger partial charge on any atom is 0.364 e. The van der Waals surface area contributed by atoms with Gasteiger partial charge in [-0.15, -0.1) is 0 Å². The van der Waals surface area contributed by atoms with Crippen LogP contribution < -0.4 is 0 Å². The molecule has 14 heavy (non-hydrogen) atoms.